The van der Waals surface area contributed by atoms with Crippen LogP contribution < -0.4 is 10.5 Å². The van der Waals surface area contributed by atoms with Gasteiger partial charge < -0.3 is 5.73 Å². The van der Waals surface area contributed by atoms with Gasteiger partial charge in [0.25, 0.3) is 0 Å². The minimum absolute atomic E-state index is 0.0816. The van der Waals surface area contributed by atoms with E-state index in [9.17, 15) is 8.42 Å². The lowest BCUT2D eigenvalue weighted by molar-refractivity contribution is 0.405. The third-order valence-electron chi connectivity index (χ3n) is 3.72. The van der Waals surface area contributed by atoms with Crippen LogP contribution in [0.4, 0.5) is 0 Å². The van der Waals surface area contributed by atoms with Crippen molar-refractivity contribution in [3.8, 4) is 0 Å². The molecule has 4 nitrogen and oxygen atoms in total. The lowest BCUT2D eigenvalue weighted by Gasteiger charge is -2.23. The summed E-state index contributed by atoms with van der Waals surface area (Å²) in [6, 6.07) is 4.69. The van der Waals surface area contributed by atoms with Crippen molar-refractivity contribution in [2.75, 3.05) is 6.54 Å². The number of nitrogens with two attached hydrogens (primary N) is 1. The number of halogens is 2. The fourth-order valence-corrected chi connectivity index (χ4v) is 5.75. The number of nitrogens with one attached hydrogen (secondary N) is 1. The van der Waals surface area contributed by atoms with Crippen molar-refractivity contribution in [2.45, 2.75) is 36.6 Å². The molecule has 0 heterocycles. The predicted molar refractivity (Wildman–Crippen MR) is 84.3 cm³/mol. The van der Waals surface area contributed by atoms with E-state index in [1.54, 1.807) is 18.2 Å². The molecule has 0 bridgehead atoms. The fraction of sp³-hybridized carbons (Fsp3) is 0.538. The van der Waals surface area contributed by atoms with Gasteiger partial charge in [-0.15, -0.1) is 0 Å². The molecule has 7 heteroatoms. The van der Waals surface area contributed by atoms with Crippen LogP contribution in [-0.2, 0) is 10.0 Å². The van der Waals surface area contributed by atoms with Crippen LogP contribution >= 0.6 is 27.5 Å². The molecule has 1 aliphatic rings. The van der Waals surface area contributed by atoms with E-state index in [1.165, 1.54) is 0 Å². The van der Waals surface area contributed by atoms with Crippen molar-refractivity contribution in [1.82, 2.24) is 4.72 Å². The standard InChI is InChI=1S/C13H18BrClN2O2S/c14-10-6-3-7-11(15)13(10)20(18,19)17-12(8-16)9-4-1-2-5-9/h3,6-7,9,12,17H,1-2,4-5,8,16H2. The Hall–Kier alpha value is -0.140. The van der Waals surface area contributed by atoms with Gasteiger partial charge in [0.15, 0.2) is 0 Å². The second kappa shape index (κ2) is 6.75. The number of benzene rings is 1. The van der Waals surface area contributed by atoms with Crippen LogP contribution in [-0.4, -0.2) is 21.0 Å². The molecule has 1 aromatic carbocycles. The zero-order chi connectivity index (χ0) is 14.8. The quantitative estimate of drug-likeness (QED) is 0.823. The van der Waals surface area contributed by atoms with Crippen LogP contribution in [0.3, 0.4) is 0 Å². The van der Waals surface area contributed by atoms with Crippen LogP contribution in [0.2, 0.25) is 5.02 Å². The molecule has 1 saturated carbocycles. The molecule has 1 atom stereocenters. The Morgan fingerprint density at radius 1 is 1.40 bits per heavy atom. The first kappa shape index (κ1) is 16.2. The van der Waals surface area contributed by atoms with Crippen LogP contribution in [0.25, 0.3) is 0 Å². The molecule has 1 aliphatic carbocycles. The summed E-state index contributed by atoms with van der Waals surface area (Å²) < 4.78 is 28.2. The zero-order valence-corrected chi connectivity index (χ0v) is 14.1. The Bertz CT molecular complexity index is 553. The van der Waals surface area contributed by atoms with Crippen LogP contribution in [0, 0.1) is 5.92 Å². The minimum atomic E-state index is -3.68. The molecule has 3 N–H and O–H groups in total. The fourth-order valence-electron chi connectivity index (χ4n) is 2.69. The molecule has 1 aromatic rings. The molecule has 2 rings (SSSR count). The first-order valence-electron chi connectivity index (χ1n) is 6.62. The molecular weight excluding hydrogens is 364 g/mol. The SMILES string of the molecule is NCC(NS(=O)(=O)c1c(Cl)cccc1Br)C1CCCC1. The van der Waals surface area contributed by atoms with Gasteiger partial charge in [0.05, 0.1) is 5.02 Å². The van der Waals surface area contributed by atoms with E-state index in [2.05, 4.69) is 20.7 Å². The summed E-state index contributed by atoms with van der Waals surface area (Å²) in [4.78, 5) is 0.0816. The van der Waals surface area contributed by atoms with E-state index in [-0.39, 0.29) is 16.0 Å². The number of hydrogen-bond acceptors (Lipinski definition) is 3. The minimum Gasteiger partial charge on any atom is -0.329 e. The van der Waals surface area contributed by atoms with E-state index in [0.717, 1.165) is 25.7 Å². The highest BCUT2D eigenvalue weighted by molar-refractivity contribution is 9.10. The maximum Gasteiger partial charge on any atom is 0.243 e. The van der Waals surface area contributed by atoms with Crippen molar-refractivity contribution in [2.24, 2.45) is 11.7 Å². The Kier molecular flexibility index (Phi) is 5.48. The third kappa shape index (κ3) is 3.54. The summed E-state index contributed by atoms with van der Waals surface area (Å²) in [5.74, 6) is 0.316. The highest BCUT2D eigenvalue weighted by Gasteiger charge is 2.30. The van der Waals surface area contributed by atoms with Gasteiger partial charge >= 0.3 is 0 Å². The molecule has 0 amide bonds. The van der Waals surface area contributed by atoms with Crippen LogP contribution in [0.1, 0.15) is 25.7 Å². The normalized spacial score (nSPS) is 18.4. The highest BCUT2D eigenvalue weighted by atomic mass is 79.9. The molecule has 112 valence electrons. The molecule has 0 aliphatic heterocycles. The largest absolute Gasteiger partial charge is 0.329 e. The summed E-state index contributed by atoms with van der Waals surface area (Å²) in [7, 11) is -3.68. The maximum atomic E-state index is 12.5. The Balaban J connectivity index is 2.26. The van der Waals surface area contributed by atoms with Crippen LogP contribution in [0.15, 0.2) is 27.6 Å². The monoisotopic (exact) mass is 380 g/mol. The molecule has 0 spiro atoms. The Morgan fingerprint density at radius 2 is 2.05 bits per heavy atom. The molecule has 1 unspecified atom stereocenters. The molecule has 20 heavy (non-hydrogen) atoms. The molecule has 0 radical (unpaired) electrons. The smallest absolute Gasteiger partial charge is 0.243 e. The van der Waals surface area contributed by atoms with Crippen molar-refractivity contribution in [3.05, 3.63) is 27.7 Å². The topological polar surface area (TPSA) is 72.2 Å². The van der Waals surface area contributed by atoms with Gasteiger partial charge in [0.1, 0.15) is 4.90 Å². The maximum absolute atomic E-state index is 12.5. The van der Waals surface area contributed by atoms with E-state index >= 15 is 0 Å². The first-order chi connectivity index (χ1) is 9.45. The zero-order valence-electron chi connectivity index (χ0n) is 11.0. The van der Waals surface area contributed by atoms with Crippen molar-refractivity contribution >= 4 is 37.6 Å². The van der Waals surface area contributed by atoms with Gasteiger partial charge in [-0.1, -0.05) is 30.5 Å². The van der Waals surface area contributed by atoms with Crippen molar-refractivity contribution in [1.29, 1.82) is 0 Å². The average molecular weight is 382 g/mol. The van der Waals surface area contributed by atoms with E-state index in [4.69, 9.17) is 17.3 Å². The molecule has 0 saturated heterocycles. The number of hydrogen-bond donors (Lipinski definition) is 2. The third-order valence-corrected chi connectivity index (χ3v) is 6.66. The van der Waals surface area contributed by atoms with Crippen molar-refractivity contribution < 1.29 is 8.42 Å². The summed E-state index contributed by atoms with van der Waals surface area (Å²) in [5.41, 5.74) is 5.74. The Morgan fingerprint density at radius 3 is 2.60 bits per heavy atom. The Labute approximate surface area is 133 Å². The van der Waals surface area contributed by atoms with Crippen molar-refractivity contribution in [3.63, 3.8) is 0 Å². The molecule has 0 aromatic heterocycles. The summed E-state index contributed by atoms with van der Waals surface area (Å²) in [5, 5.41) is 0.203. The van der Waals surface area contributed by atoms with Gasteiger partial charge in [-0.05, 0) is 46.8 Å². The van der Waals surface area contributed by atoms with E-state index < -0.39 is 10.0 Å². The van der Waals surface area contributed by atoms with Gasteiger partial charge in [0.2, 0.25) is 10.0 Å². The van der Waals surface area contributed by atoms with Gasteiger partial charge in [-0.2, -0.15) is 0 Å². The summed E-state index contributed by atoms with van der Waals surface area (Å²) in [6.07, 6.45) is 4.32. The molecule has 1 fully saturated rings. The first-order valence-corrected chi connectivity index (χ1v) is 9.27. The second-order valence-corrected chi connectivity index (χ2v) is 7.97. The lowest BCUT2D eigenvalue weighted by Crippen LogP contribution is -2.44. The van der Waals surface area contributed by atoms with E-state index in [0.29, 0.717) is 16.9 Å². The highest BCUT2D eigenvalue weighted by Crippen LogP contribution is 2.31. The summed E-state index contributed by atoms with van der Waals surface area (Å²) >= 11 is 9.26. The summed E-state index contributed by atoms with van der Waals surface area (Å²) in [6.45, 7) is 0.298. The van der Waals surface area contributed by atoms with Gasteiger partial charge in [-0.3, -0.25) is 0 Å². The second-order valence-electron chi connectivity index (χ2n) is 5.06. The van der Waals surface area contributed by atoms with E-state index in [1.807, 2.05) is 0 Å². The van der Waals surface area contributed by atoms with Gasteiger partial charge in [0, 0.05) is 17.1 Å². The van der Waals surface area contributed by atoms with Gasteiger partial charge in [-0.25, -0.2) is 13.1 Å². The lowest BCUT2D eigenvalue weighted by atomic mass is 9.99. The predicted octanol–water partition coefficient (Wildman–Crippen LogP) is 2.90. The number of sulfonamides is 1. The molecular formula is C13H18BrClN2O2S. The number of rotatable bonds is 5. The average Bonchev–Trinajstić information content (AvgIpc) is 2.89. The van der Waals surface area contributed by atoms with Crippen LogP contribution in [0.5, 0.6) is 0 Å².